The Morgan fingerprint density at radius 2 is 1.86 bits per heavy atom. The van der Waals surface area contributed by atoms with Crippen molar-refractivity contribution in [3.63, 3.8) is 0 Å². The lowest BCUT2D eigenvalue weighted by atomic mass is 10.0. The molecule has 0 radical (unpaired) electrons. The van der Waals surface area contributed by atoms with Crippen LogP contribution in [0.25, 0.3) is 11.4 Å². The molecule has 0 saturated carbocycles. The lowest BCUT2D eigenvalue weighted by molar-refractivity contribution is -0.385. The summed E-state index contributed by atoms with van der Waals surface area (Å²) in [4.78, 5) is 27.7. The van der Waals surface area contributed by atoms with E-state index in [1.807, 2.05) is 13.8 Å². The van der Waals surface area contributed by atoms with Gasteiger partial charge < -0.3 is 14.6 Å². The number of nitro groups is 1. The van der Waals surface area contributed by atoms with Gasteiger partial charge in [0.25, 0.3) is 11.6 Å². The van der Waals surface area contributed by atoms with E-state index in [0.717, 1.165) is 5.56 Å². The van der Waals surface area contributed by atoms with Crippen molar-refractivity contribution >= 4 is 11.6 Å². The number of benzene rings is 2. The highest BCUT2D eigenvalue weighted by Crippen LogP contribution is 2.26. The number of methoxy groups -OCH3 is 1. The summed E-state index contributed by atoms with van der Waals surface area (Å²) >= 11 is 0. The molecule has 9 nitrogen and oxygen atoms in total. The quantitative estimate of drug-likeness (QED) is 0.476. The highest BCUT2D eigenvalue weighted by Gasteiger charge is 2.28. The normalized spacial score (nSPS) is 11.9. The number of nitrogens with zero attached hydrogens (tertiary/aromatic N) is 3. The maximum absolute atomic E-state index is 12.7. The number of ether oxygens (including phenoxy) is 1. The minimum absolute atomic E-state index is 0.0296. The van der Waals surface area contributed by atoms with Gasteiger partial charge in [0.15, 0.2) is 0 Å². The zero-order chi connectivity index (χ0) is 21.0. The van der Waals surface area contributed by atoms with Crippen molar-refractivity contribution in [1.82, 2.24) is 15.5 Å². The fourth-order valence-electron chi connectivity index (χ4n) is 2.78. The van der Waals surface area contributed by atoms with Crippen molar-refractivity contribution in [3.05, 3.63) is 70.1 Å². The number of carbonyl (C=O) groups excluding carboxylic acids is 1. The lowest BCUT2D eigenvalue weighted by Gasteiger charge is -2.18. The van der Waals surface area contributed by atoms with Crippen molar-refractivity contribution in [2.24, 2.45) is 5.92 Å². The van der Waals surface area contributed by atoms with Crippen LogP contribution in [0.15, 0.2) is 53.1 Å². The van der Waals surface area contributed by atoms with E-state index in [0.29, 0.717) is 11.6 Å². The average Bonchev–Trinajstić information content (AvgIpc) is 3.21. The number of nitrogens with one attached hydrogen (secondary N) is 1. The molecule has 0 unspecified atom stereocenters. The lowest BCUT2D eigenvalue weighted by Crippen LogP contribution is -2.32. The van der Waals surface area contributed by atoms with Gasteiger partial charge in [-0.15, -0.1) is 0 Å². The van der Waals surface area contributed by atoms with Gasteiger partial charge in [0.05, 0.1) is 12.0 Å². The molecule has 1 amide bonds. The van der Waals surface area contributed by atoms with Gasteiger partial charge >= 0.3 is 0 Å². The first-order valence-corrected chi connectivity index (χ1v) is 8.93. The summed E-state index contributed by atoms with van der Waals surface area (Å²) < 4.78 is 10.5. The Morgan fingerprint density at radius 1 is 1.17 bits per heavy atom. The summed E-state index contributed by atoms with van der Waals surface area (Å²) in [7, 11) is 1.58. The highest BCUT2D eigenvalue weighted by atomic mass is 16.6. The number of para-hydroxylation sites is 1. The molecule has 0 spiro atoms. The highest BCUT2D eigenvalue weighted by molar-refractivity contribution is 5.98. The minimum Gasteiger partial charge on any atom is -0.497 e. The molecule has 0 aliphatic rings. The molecule has 29 heavy (non-hydrogen) atoms. The molecule has 0 bridgehead atoms. The third-order valence-electron chi connectivity index (χ3n) is 4.35. The summed E-state index contributed by atoms with van der Waals surface area (Å²) in [5, 5.41) is 17.9. The van der Waals surface area contributed by atoms with E-state index in [1.54, 1.807) is 37.4 Å². The van der Waals surface area contributed by atoms with Crippen LogP contribution in [0.2, 0.25) is 0 Å². The number of nitro benzene ring substituents is 1. The number of aromatic nitrogens is 2. The van der Waals surface area contributed by atoms with Gasteiger partial charge in [-0.1, -0.05) is 31.1 Å². The number of rotatable bonds is 7. The van der Waals surface area contributed by atoms with Crippen LogP contribution in [0.5, 0.6) is 5.75 Å². The Bertz CT molecular complexity index is 1010. The van der Waals surface area contributed by atoms with Gasteiger partial charge in [0, 0.05) is 11.6 Å². The van der Waals surface area contributed by atoms with Crippen molar-refractivity contribution in [1.29, 1.82) is 0 Å². The molecule has 0 aliphatic carbocycles. The van der Waals surface area contributed by atoms with Crippen LogP contribution in [-0.2, 0) is 0 Å². The second-order valence-corrected chi connectivity index (χ2v) is 6.65. The molecular weight excluding hydrogens is 376 g/mol. The molecule has 1 heterocycles. The van der Waals surface area contributed by atoms with E-state index in [9.17, 15) is 14.9 Å². The molecule has 1 aromatic heterocycles. The fraction of sp³-hybridized carbons (Fsp3) is 0.250. The van der Waals surface area contributed by atoms with Crippen molar-refractivity contribution < 1.29 is 19.0 Å². The van der Waals surface area contributed by atoms with E-state index in [4.69, 9.17) is 9.26 Å². The van der Waals surface area contributed by atoms with Crippen molar-refractivity contribution in [2.75, 3.05) is 7.11 Å². The number of carbonyl (C=O) groups is 1. The van der Waals surface area contributed by atoms with Gasteiger partial charge in [-0.25, -0.2) is 0 Å². The first-order chi connectivity index (χ1) is 13.9. The van der Waals surface area contributed by atoms with Gasteiger partial charge in [-0.05, 0) is 36.2 Å². The zero-order valence-corrected chi connectivity index (χ0v) is 16.2. The fourth-order valence-corrected chi connectivity index (χ4v) is 2.78. The van der Waals surface area contributed by atoms with Gasteiger partial charge in [-0.2, -0.15) is 4.98 Å². The third-order valence-corrected chi connectivity index (χ3v) is 4.35. The molecule has 0 aliphatic heterocycles. The van der Waals surface area contributed by atoms with Gasteiger partial charge in [-0.3, -0.25) is 14.9 Å². The van der Waals surface area contributed by atoms with E-state index in [2.05, 4.69) is 15.5 Å². The molecule has 3 rings (SSSR count). The van der Waals surface area contributed by atoms with E-state index >= 15 is 0 Å². The number of amides is 1. The van der Waals surface area contributed by atoms with Crippen LogP contribution in [0.1, 0.15) is 36.1 Å². The smallest absolute Gasteiger partial charge is 0.282 e. The second kappa shape index (κ2) is 8.51. The van der Waals surface area contributed by atoms with E-state index in [-0.39, 0.29) is 23.1 Å². The molecule has 2 aromatic carbocycles. The Hall–Kier alpha value is -3.75. The molecular formula is C20H20N4O5. The summed E-state index contributed by atoms with van der Waals surface area (Å²) in [6.07, 6.45) is 0. The maximum Gasteiger partial charge on any atom is 0.282 e. The van der Waals surface area contributed by atoms with Crippen LogP contribution in [0, 0.1) is 16.0 Å². The summed E-state index contributed by atoms with van der Waals surface area (Å²) in [6, 6.07) is 12.3. The monoisotopic (exact) mass is 396 g/mol. The SMILES string of the molecule is COc1ccc(-c2noc([C@@H](NC(=O)c3ccccc3[N+](=O)[O-])C(C)C)n2)cc1. The Kier molecular flexibility index (Phi) is 5.87. The number of hydrogen-bond donors (Lipinski definition) is 1. The standard InChI is InChI=1S/C20H20N4O5/c1-12(2)17(21-19(25)15-6-4-5-7-16(15)24(26)27)20-22-18(23-29-20)13-8-10-14(28-3)11-9-13/h4-12,17H,1-3H3,(H,21,25)/t17-/m0/s1. The van der Waals surface area contributed by atoms with Crippen LogP contribution in [0.4, 0.5) is 5.69 Å². The Labute approximate surface area is 166 Å². The summed E-state index contributed by atoms with van der Waals surface area (Å²) in [6.45, 7) is 3.75. The Morgan fingerprint density at radius 3 is 2.48 bits per heavy atom. The molecule has 1 atom stereocenters. The molecule has 9 heteroatoms. The van der Waals surface area contributed by atoms with Crippen molar-refractivity contribution in [3.8, 4) is 17.1 Å². The first-order valence-electron chi connectivity index (χ1n) is 8.93. The largest absolute Gasteiger partial charge is 0.497 e. The van der Waals surface area contributed by atoms with Gasteiger partial charge in [0.2, 0.25) is 11.7 Å². The predicted molar refractivity (Wildman–Crippen MR) is 104 cm³/mol. The molecule has 3 aromatic rings. The minimum atomic E-state index is -0.609. The molecule has 0 saturated heterocycles. The third kappa shape index (κ3) is 4.40. The molecule has 1 N–H and O–H groups in total. The van der Waals surface area contributed by atoms with E-state index in [1.165, 1.54) is 18.2 Å². The predicted octanol–water partition coefficient (Wildman–Crippen LogP) is 3.78. The van der Waals surface area contributed by atoms with Crippen LogP contribution >= 0.6 is 0 Å². The molecule has 150 valence electrons. The van der Waals surface area contributed by atoms with E-state index < -0.39 is 16.9 Å². The van der Waals surface area contributed by atoms with Crippen LogP contribution in [-0.4, -0.2) is 28.1 Å². The summed E-state index contributed by atoms with van der Waals surface area (Å²) in [5.74, 6) is 0.617. The zero-order valence-electron chi connectivity index (χ0n) is 16.2. The van der Waals surface area contributed by atoms with Crippen LogP contribution in [0.3, 0.4) is 0 Å². The average molecular weight is 396 g/mol. The Balaban J connectivity index is 1.85. The summed E-state index contributed by atoms with van der Waals surface area (Å²) in [5.41, 5.74) is 0.434. The second-order valence-electron chi connectivity index (χ2n) is 6.65. The topological polar surface area (TPSA) is 120 Å². The molecule has 0 fully saturated rings. The van der Waals surface area contributed by atoms with Crippen molar-refractivity contribution in [2.45, 2.75) is 19.9 Å². The van der Waals surface area contributed by atoms with Gasteiger partial charge in [0.1, 0.15) is 17.4 Å². The first kappa shape index (κ1) is 20.0. The maximum atomic E-state index is 12.7. The number of hydrogen-bond acceptors (Lipinski definition) is 7. The van der Waals surface area contributed by atoms with Crippen LogP contribution < -0.4 is 10.1 Å².